The van der Waals surface area contributed by atoms with Crippen LogP contribution in [0.5, 0.6) is 0 Å². The van der Waals surface area contributed by atoms with E-state index < -0.39 is 25.0 Å². The minimum atomic E-state index is -0.588. The molecule has 1 N–H and O–H groups in total. The Kier molecular flexibility index (Phi) is 7.31. The van der Waals surface area contributed by atoms with Gasteiger partial charge in [-0.3, -0.25) is 14.2 Å². The Labute approximate surface area is 204 Å². The number of ether oxygens (including phenoxy) is 2. The highest BCUT2D eigenvalue weighted by Crippen LogP contribution is 2.66. The van der Waals surface area contributed by atoms with Crippen LogP contribution in [0.4, 0.5) is 5.82 Å². The van der Waals surface area contributed by atoms with Gasteiger partial charge in [-0.2, -0.15) is 0 Å². The largest absolute Gasteiger partial charge is 0.460 e. The first-order valence-electron chi connectivity index (χ1n) is 10.6. The molecule has 2 aliphatic rings. The summed E-state index contributed by atoms with van der Waals surface area (Å²) in [6, 6.07) is 8.87. The zero-order valence-electron chi connectivity index (χ0n) is 18.2. The highest BCUT2D eigenvalue weighted by molar-refractivity contribution is 8.88. The predicted octanol–water partition coefficient (Wildman–Crippen LogP) is 4.02. The van der Waals surface area contributed by atoms with Crippen LogP contribution in [0.3, 0.4) is 0 Å². The third-order valence-electron chi connectivity index (χ3n) is 5.26. The van der Waals surface area contributed by atoms with Gasteiger partial charge in [-0.05, 0) is 12.1 Å². The van der Waals surface area contributed by atoms with E-state index in [-0.39, 0.29) is 11.9 Å². The van der Waals surface area contributed by atoms with Gasteiger partial charge in [0.05, 0.1) is 12.9 Å². The van der Waals surface area contributed by atoms with Crippen molar-refractivity contribution in [3.63, 3.8) is 0 Å². The maximum atomic E-state index is 12.6. The summed E-state index contributed by atoms with van der Waals surface area (Å²) in [7, 11) is 0. The van der Waals surface area contributed by atoms with Crippen LogP contribution in [0.1, 0.15) is 29.9 Å². The summed E-state index contributed by atoms with van der Waals surface area (Å²) in [4.78, 5) is 37.3. The molecule has 13 heteroatoms. The molecule has 0 bridgehead atoms. The summed E-state index contributed by atoms with van der Waals surface area (Å²) in [6.45, 7) is 1.15. The number of nitrogens with zero attached hydrogens (tertiary/aromatic N) is 4. The standard InChI is InChI=1S/C21H22N5O5PS2/c1-13(27)30-15-9-17(31-16(15)10-29-32-33-7-8-34-32)26-12-24-18-19(22-11-23-20(18)26)25-21(28)14-5-3-2-4-6-14/h2-6,11-12,15-17H,7-10H2,1H3,(H,22,23,25,28)/t15-,16+,17+/m0/s1. The van der Waals surface area contributed by atoms with E-state index in [4.69, 9.17) is 14.0 Å². The molecule has 0 radical (unpaired) electrons. The van der Waals surface area contributed by atoms with Gasteiger partial charge in [0.1, 0.15) is 24.8 Å². The van der Waals surface area contributed by atoms with Crippen molar-refractivity contribution in [3.8, 4) is 0 Å². The SMILES string of the molecule is CC(=O)O[C@H]1C[C@H](n2cnc3c(NC(=O)c4ccccc4)ncnc32)O[C@@H]1COP1SCCS1. The van der Waals surface area contributed by atoms with Crippen LogP contribution in [0.15, 0.2) is 43.0 Å². The molecule has 0 aliphatic carbocycles. The minimum Gasteiger partial charge on any atom is -0.460 e. The number of imidazole rings is 1. The molecule has 3 aromatic rings. The number of aromatic nitrogens is 4. The molecule has 3 atom stereocenters. The number of benzene rings is 1. The monoisotopic (exact) mass is 519 g/mol. The summed E-state index contributed by atoms with van der Waals surface area (Å²) >= 11 is 3.64. The van der Waals surface area contributed by atoms with E-state index in [1.54, 1.807) is 35.2 Å². The third-order valence-corrected chi connectivity index (χ3v) is 12.0. The van der Waals surface area contributed by atoms with Gasteiger partial charge in [-0.25, -0.2) is 15.0 Å². The van der Waals surface area contributed by atoms with Crippen molar-refractivity contribution in [2.75, 3.05) is 23.4 Å². The van der Waals surface area contributed by atoms with E-state index in [9.17, 15) is 9.59 Å². The molecule has 4 heterocycles. The number of rotatable bonds is 7. The topological polar surface area (TPSA) is 117 Å². The summed E-state index contributed by atoms with van der Waals surface area (Å²) < 4.78 is 19.6. The number of carbonyl (C=O) groups is 2. The van der Waals surface area contributed by atoms with Gasteiger partial charge in [0, 0.05) is 30.4 Å². The van der Waals surface area contributed by atoms with Gasteiger partial charge < -0.3 is 19.3 Å². The molecule has 2 fully saturated rings. The molecule has 0 spiro atoms. The number of nitrogens with one attached hydrogen (secondary N) is 1. The minimum absolute atomic E-state index is 0.288. The van der Waals surface area contributed by atoms with Crippen LogP contribution in [-0.4, -0.2) is 61.7 Å². The van der Waals surface area contributed by atoms with E-state index in [0.717, 1.165) is 11.5 Å². The second kappa shape index (κ2) is 10.6. The molecule has 2 aromatic heterocycles. The van der Waals surface area contributed by atoms with Crippen molar-refractivity contribution in [1.29, 1.82) is 0 Å². The van der Waals surface area contributed by atoms with E-state index >= 15 is 0 Å². The molecular formula is C21H22N5O5PS2. The Hall–Kier alpha value is -2.24. The number of amides is 1. The Morgan fingerprint density at radius 1 is 1.21 bits per heavy atom. The summed E-state index contributed by atoms with van der Waals surface area (Å²) in [5, 5.41) is 2.80. The molecule has 1 aromatic carbocycles. The van der Waals surface area contributed by atoms with Crippen molar-refractivity contribution in [2.24, 2.45) is 0 Å². The molecule has 0 unspecified atom stereocenters. The number of esters is 1. The Morgan fingerprint density at radius 2 is 2.00 bits per heavy atom. The van der Waals surface area contributed by atoms with Gasteiger partial charge >= 0.3 is 5.97 Å². The maximum absolute atomic E-state index is 12.6. The van der Waals surface area contributed by atoms with Crippen LogP contribution >= 0.6 is 29.3 Å². The van der Waals surface area contributed by atoms with Crippen LogP contribution in [0.25, 0.3) is 11.2 Å². The Balaban J connectivity index is 1.34. The molecule has 2 aliphatic heterocycles. The lowest BCUT2D eigenvalue weighted by Crippen LogP contribution is -2.29. The lowest BCUT2D eigenvalue weighted by molar-refractivity contribution is -0.150. The molecule has 178 valence electrons. The average Bonchev–Trinajstić information content (AvgIpc) is 3.58. The number of hydrogen-bond acceptors (Lipinski definition) is 10. The normalized spacial score (nSPS) is 22.8. The lowest BCUT2D eigenvalue weighted by atomic mass is 10.2. The van der Waals surface area contributed by atoms with Crippen molar-refractivity contribution in [1.82, 2.24) is 19.5 Å². The fraction of sp³-hybridized carbons (Fsp3) is 0.381. The third kappa shape index (κ3) is 5.21. The Morgan fingerprint density at radius 3 is 2.76 bits per heavy atom. The first-order chi connectivity index (χ1) is 16.6. The molecule has 2 saturated heterocycles. The van der Waals surface area contributed by atoms with E-state index in [2.05, 4.69) is 20.3 Å². The van der Waals surface area contributed by atoms with Crippen LogP contribution in [0.2, 0.25) is 0 Å². The van der Waals surface area contributed by atoms with Crippen molar-refractivity contribution >= 4 is 58.2 Å². The highest BCUT2D eigenvalue weighted by Gasteiger charge is 2.40. The number of anilines is 1. The average molecular weight is 520 g/mol. The van der Waals surface area contributed by atoms with Gasteiger partial charge in [-0.1, -0.05) is 41.0 Å². The van der Waals surface area contributed by atoms with Crippen molar-refractivity contribution in [2.45, 2.75) is 31.8 Å². The van der Waals surface area contributed by atoms with Gasteiger partial charge in [0.15, 0.2) is 23.5 Å². The molecule has 1 amide bonds. The van der Waals surface area contributed by atoms with Gasteiger partial charge in [-0.15, -0.1) is 0 Å². The summed E-state index contributed by atoms with van der Waals surface area (Å²) in [5.74, 6) is 1.83. The number of fused-ring (bicyclic) bond motifs is 1. The fourth-order valence-corrected chi connectivity index (χ4v) is 10.4. The van der Waals surface area contributed by atoms with E-state index in [1.807, 2.05) is 28.8 Å². The zero-order valence-corrected chi connectivity index (χ0v) is 20.7. The second-order valence-corrected chi connectivity index (χ2v) is 13.8. The van der Waals surface area contributed by atoms with Crippen LogP contribution in [0, 0.1) is 0 Å². The van der Waals surface area contributed by atoms with Crippen LogP contribution < -0.4 is 5.32 Å². The van der Waals surface area contributed by atoms with E-state index in [1.165, 1.54) is 13.3 Å². The summed E-state index contributed by atoms with van der Waals surface area (Å²) in [5.41, 5.74) is 1.47. The summed E-state index contributed by atoms with van der Waals surface area (Å²) in [6.07, 6.45) is 2.13. The lowest BCUT2D eigenvalue weighted by Gasteiger charge is -2.19. The van der Waals surface area contributed by atoms with Gasteiger partial charge in [0.25, 0.3) is 5.91 Å². The number of carbonyl (C=O) groups excluding carboxylic acids is 2. The van der Waals surface area contributed by atoms with Gasteiger partial charge in [0.2, 0.25) is 0 Å². The zero-order chi connectivity index (χ0) is 23.5. The van der Waals surface area contributed by atoms with E-state index in [0.29, 0.717) is 35.6 Å². The molecule has 34 heavy (non-hydrogen) atoms. The van der Waals surface area contributed by atoms with Crippen molar-refractivity contribution in [3.05, 3.63) is 48.5 Å². The molecule has 0 saturated carbocycles. The number of hydrogen-bond donors (Lipinski definition) is 1. The maximum Gasteiger partial charge on any atom is 0.302 e. The quantitative estimate of drug-likeness (QED) is 0.362. The van der Waals surface area contributed by atoms with Crippen molar-refractivity contribution < 1.29 is 23.6 Å². The first-order valence-corrected chi connectivity index (χ1v) is 15.1. The smallest absolute Gasteiger partial charge is 0.302 e. The fourth-order valence-electron chi connectivity index (χ4n) is 3.75. The molecule has 10 nitrogen and oxygen atoms in total. The first kappa shape index (κ1) is 23.5. The highest BCUT2D eigenvalue weighted by atomic mass is 33.1. The molecule has 5 rings (SSSR count). The van der Waals surface area contributed by atoms with Crippen LogP contribution in [-0.2, 0) is 18.8 Å². The predicted molar refractivity (Wildman–Crippen MR) is 132 cm³/mol. The molecular weight excluding hydrogens is 497 g/mol. The second-order valence-electron chi connectivity index (χ2n) is 7.57. The Bertz CT molecular complexity index is 1180.